The SMILES string of the molecule is CCc1nnsc1C(=O)Nc1ccc(CC(C)C(=O)O)cc1. The van der Waals surface area contributed by atoms with Crippen molar-refractivity contribution in [2.24, 2.45) is 5.92 Å². The Labute approximate surface area is 132 Å². The number of rotatable bonds is 6. The zero-order valence-corrected chi connectivity index (χ0v) is 13.2. The Morgan fingerprint density at radius 2 is 2.00 bits per heavy atom. The predicted octanol–water partition coefficient (Wildman–Crippen LogP) is 2.62. The van der Waals surface area contributed by atoms with Gasteiger partial charge in [0.1, 0.15) is 4.88 Å². The number of benzene rings is 1. The van der Waals surface area contributed by atoms with Crippen molar-refractivity contribution in [2.45, 2.75) is 26.7 Å². The molecule has 7 heteroatoms. The highest BCUT2D eigenvalue weighted by molar-refractivity contribution is 7.08. The molecule has 0 aliphatic heterocycles. The lowest BCUT2D eigenvalue weighted by molar-refractivity contribution is -0.141. The maximum atomic E-state index is 12.1. The van der Waals surface area contributed by atoms with Gasteiger partial charge in [0.15, 0.2) is 0 Å². The van der Waals surface area contributed by atoms with Crippen LogP contribution in [0.5, 0.6) is 0 Å². The summed E-state index contributed by atoms with van der Waals surface area (Å²) in [6.45, 7) is 3.59. The van der Waals surface area contributed by atoms with Crippen molar-refractivity contribution in [1.29, 1.82) is 0 Å². The fraction of sp³-hybridized carbons (Fsp3) is 0.333. The largest absolute Gasteiger partial charge is 0.481 e. The molecule has 6 nitrogen and oxygen atoms in total. The molecule has 0 saturated heterocycles. The van der Waals surface area contributed by atoms with Gasteiger partial charge in [0.2, 0.25) is 0 Å². The summed E-state index contributed by atoms with van der Waals surface area (Å²) < 4.78 is 3.79. The molecule has 1 unspecified atom stereocenters. The summed E-state index contributed by atoms with van der Waals surface area (Å²) in [6.07, 6.45) is 1.12. The van der Waals surface area contributed by atoms with Gasteiger partial charge in [-0.1, -0.05) is 30.5 Å². The first kappa shape index (κ1) is 16.1. The Bertz CT molecular complexity index is 667. The number of nitrogens with one attached hydrogen (secondary N) is 1. The molecule has 0 saturated carbocycles. The Hall–Kier alpha value is -2.28. The van der Waals surface area contributed by atoms with Crippen LogP contribution in [-0.2, 0) is 17.6 Å². The summed E-state index contributed by atoms with van der Waals surface area (Å²) in [6, 6.07) is 7.17. The van der Waals surface area contributed by atoms with Crippen molar-refractivity contribution in [1.82, 2.24) is 9.59 Å². The van der Waals surface area contributed by atoms with E-state index in [1.165, 1.54) is 0 Å². The minimum atomic E-state index is -0.817. The van der Waals surface area contributed by atoms with Crippen molar-refractivity contribution in [3.8, 4) is 0 Å². The van der Waals surface area contributed by atoms with E-state index in [0.29, 0.717) is 29.1 Å². The normalized spacial score (nSPS) is 11.9. The van der Waals surface area contributed by atoms with E-state index < -0.39 is 11.9 Å². The molecule has 0 spiro atoms. The first-order chi connectivity index (χ1) is 10.5. The molecule has 0 fully saturated rings. The maximum Gasteiger partial charge on any atom is 0.306 e. The number of hydrogen-bond acceptors (Lipinski definition) is 5. The Balaban J connectivity index is 2.02. The third-order valence-corrected chi connectivity index (χ3v) is 4.04. The molecule has 1 heterocycles. The minimum absolute atomic E-state index is 0.224. The van der Waals surface area contributed by atoms with Crippen LogP contribution in [0.25, 0.3) is 0 Å². The van der Waals surface area contributed by atoms with Crippen LogP contribution in [0.15, 0.2) is 24.3 Å². The predicted molar refractivity (Wildman–Crippen MR) is 84.2 cm³/mol. The number of carboxylic acid groups (broad SMARTS) is 1. The zero-order valence-electron chi connectivity index (χ0n) is 12.4. The van der Waals surface area contributed by atoms with Crippen molar-refractivity contribution in [3.05, 3.63) is 40.4 Å². The smallest absolute Gasteiger partial charge is 0.306 e. The summed E-state index contributed by atoms with van der Waals surface area (Å²) in [7, 11) is 0. The van der Waals surface area contributed by atoms with Crippen LogP contribution in [-0.4, -0.2) is 26.6 Å². The molecule has 2 N–H and O–H groups in total. The van der Waals surface area contributed by atoms with E-state index in [9.17, 15) is 9.59 Å². The first-order valence-electron chi connectivity index (χ1n) is 6.95. The van der Waals surface area contributed by atoms with Gasteiger partial charge in [0, 0.05) is 5.69 Å². The number of nitrogens with zero attached hydrogens (tertiary/aromatic N) is 2. The van der Waals surface area contributed by atoms with Crippen molar-refractivity contribution < 1.29 is 14.7 Å². The second-order valence-electron chi connectivity index (χ2n) is 5.00. The fourth-order valence-electron chi connectivity index (χ4n) is 1.97. The summed E-state index contributed by atoms with van der Waals surface area (Å²) in [4.78, 5) is 23.5. The van der Waals surface area contributed by atoms with E-state index in [0.717, 1.165) is 17.1 Å². The lowest BCUT2D eigenvalue weighted by Gasteiger charge is -2.08. The van der Waals surface area contributed by atoms with Gasteiger partial charge in [0.25, 0.3) is 5.91 Å². The van der Waals surface area contributed by atoms with Gasteiger partial charge in [-0.2, -0.15) is 0 Å². The minimum Gasteiger partial charge on any atom is -0.481 e. The topological polar surface area (TPSA) is 92.2 Å². The van der Waals surface area contributed by atoms with E-state index in [2.05, 4.69) is 14.9 Å². The second-order valence-corrected chi connectivity index (χ2v) is 5.75. The molecule has 0 aliphatic carbocycles. The summed E-state index contributed by atoms with van der Waals surface area (Å²) in [5, 5.41) is 15.6. The Morgan fingerprint density at radius 1 is 1.32 bits per heavy atom. The van der Waals surface area contributed by atoms with Crippen molar-refractivity contribution in [2.75, 3.05) is 5.32 Å². The van der Waals surface area contributed by atoms with Crippen LogP contribution in [0.1, 0.15) is 34.8 Å². The highest BCUT2D eigenvalue weighted by Crippen LogP contribution is 2.17. The van der Waals surface area contributed by atoms with E-state index in [1.54, 1.807) is 19.1 Å². The maximum absolute atomic E-state index is 12.1. The Morgan fingerprint density at radius 3 is 2.59 bits per heavy atom. The molecule has 1 amide bonds. The van der Waals surface area contributed by atoms with Gasteiger partial charge < -0.3 is 10.4 Å². The summed E-state index contributed by atoms with van der Waals surface area (Å²) >= 11 is 1.08. The van der Waals surface area contributed by atoms with Crippen molar-refractivity contribution >= 4 is 29.1 Å². The average Bonchev–Trinajstić information content (AvgIpc) is 2.97. The third kappa shape index (κ3) is 3.88. The summed E-state index contributed by atoms with van der Waals surface area (Å²) in [5.74, 6) is -1.48. The van der Waals surface area contributed by atoms with Gasteiger partial charge in [-0.05, 0) is 42.1 Å². The highest BCUT2D eigenvalue weighted by atomic mass is 32.1. The molecule has 22 heavy (non-hydrogen) atoms. The standard InChI is InChI=1S/C15H17N3O3S/c1-3-12-13(22-18-17-12)14(19)16-11-6-4-10(5-7-11)8-9(2)15(20)21/h4-7,9H,3,8H2,1-2H3,(H,16,19)(H,20,21). The lowest BCUT2D eigenvalue weighted by Crippen LogP contribution is -2.13. The van der Waals surface area contributed by atoms with Gasteiger partial charge >= 0.3 is 5.97 Å². The Kier molecular flexibility index (Phi) is 5.21. The molecular weight excluding hydrogens is 302 g/mol. The number of aliphatic carboxylic acids is 1. The molecule has 2 aromatic rings. The van der Waals surface area contributed by atoms with E-state index >= 15 is 0 Å². The number of carbonyl (C=O) groups excluding carboxylic acids is 1. The quantitative estimate of drug-likeness (QED) is 0.854. The molecule has 1 aromatic carbocycles. The number of anilines is 1. The van der Waals surface area contributed by atoms with E-state index in [4.69, 9.17) is 5.11 Å². The molecule has 116 valence electrons. The molecule has 0 radical (unpaired) electrons. The first-order valence-corrected chi connectivity index (χ1v) is 7.73. The van der Waals surface area contributed by atoms with Crippen LogP contribution < -0.4 is 5.32 Å². The van der Waals surface area contributed by atoms with Crippen LogP contribution in [0.2, 0.25) is 0 Å². The molecule has 0 aliphatic rings. The average molecular weight is 319 g/mol. The molecule has 1 atom stereocenters. The van der Waals surface area contributed by atoms with Crippen LogP contribution in [0, 0.1) is 5.92 Å². The number of aryl methyl sites for hydroxylation is 1. The van der Waals surface area contributed by atoms with Crippen LogP contribution >= 0.6 is 11.5 Å². The lowest BCUT2D eigenvalue weighted by atomic mass is 10.0. The van der Waals surface area contributed by atoms with Crippen molar-refractivity contribution in [3.63, 3.8) is 0 Å². The number of carbonyl (C=O) groups is 2. The molecule has 0 bridgehead atoms. The van der Waals surface area contributed by atoms with Crippen LogP contribution in [0.3, 0.4) is 0 Å². The fourth-order valence-corrected chi connectivity index (χ4v) is 2.61. The molecule has 1 aromatic heterocycles. The third-order valence-electron chi connectivity index (χ3n) is 3.27. The summed E-state index contributed by atoms with van der Waals surface area (Å²) in [5.41, 5.74) is 2.27. The number of carboxylic acids is 1. The monoisotopic (exact) mass is 319 g/mol. The van der Waals surface area contributed by atoms with Gasteiger partial charge in [0.05, 0.1) is 11.6 Å². The number of amides is 1. The number of hydrogen-bond donors (Lipinski definition) is 2. The zero-order chi connectivity index (χ0) is 16.1. The number of aromatic nitrogens is 2. The van der Waals surface area contributed by atoms with Crippen LogP contribution in [0.4, 0.5) is 5.69 Å². The second kappa shape index (κ2) is 7.13. The molecular formula is C15H17N3O3S. The van der Waals surface area contributed by atoms with Gasteiger partial charge in [-0.15, -0.1) is 5.10 Å². The molecule has 2 rings (SSSR count). The van der Waals surface area contributed by atoms with E-state index in [-0.39, 0.29) is 5.91 Å². The van der Waals surface area contributed by atoms with Gasteiger partial charge in [-0.3, -0.25) is 9.59 Å². The highest BCUT2D eigenvalue weighted by Gasteiger charge is 2.15. The van der Waals surface area contributed by atoms with E-state index in [1.807, 2.05) is 19.1 Å². The van der Waals surface area contributed by atoms with Gasteiger partial charge in [-0.25, -0.2) is 0 Å².